The van der Waals surface area contributed by atoms with E-state index in [0.717, 1.165) is 30.5 Å². The summed E-state index contributed by atoms with van der Waals surface area (Å²) < 4.78 is 1.34. The van der Waals surface area contributed by atoms with E-state index in [1.54, 1.807) is 18.5 Å². The predicted octanol–water partition coefficient (Wildman–Crippen LogP) is 1.03. The highest BCUT2D eigenvalue weighted by Gasteiger charge is 2.30. The Morgan fingerprint density at radius 2 is 2.32 bits per heavy atom. The van der Waals surface area contributed by atoms with Crippen molar-refractivity contribution in [3.05, 3.63) is 46.4 Å². The average Bonchev–Trinajstić information content (AvgIpc) is 2.95. The molecule has 22 heavy (non-hydrogen) atoms. The van der Waals surface area contributed by atoms with Crippen molar-refractivity contribution in [1.82, 2.24) is 24.6 Å². The number of piperidine rings is 1. The molecule has 1 amide bonds. The fourth-order valence-electron chi connectivity index (χ4n) is 2.97. The van der Waals surface area contributed by atoms with Gasteiger partial charge in [0.25, 0.3) is 0 Å². The molecule has 0 saturated carbocycles. The van der Waals surface area contributed by atoms with Gasteiger partial charge in [0, 0.05) is 18.9 Å². The van der Waals surface area contributed by atoms with Gasteiger partial charge in [0.1, 0.15) is 6.54 Å². The molecule has 0 radical (unpaired) electrons. The van der Waals surface area contributed by atoms with Crippen LogP contribution in [0.25, 0.3) is 0 Å². The average molecular weight is 301 g/mol. The molecule has 116 valence electrons. The van der Waals surface area contributed by atoms with Crippen LogP contribution in [0.15, 0.2) is 29.5 Å². The molecule has 0 bridgehead atoms. The summed E-state index contributed by atoms with van der Waals surface area (Å²) in [5, 5.41) is 7.07. The predicted molar refractivity (Wildman–Crippen MR) is 80.1 cm³/mol. The number of hydrogen-bond donors (Lipinski definition) is 1. The van der Waals surface area contributed by atoms with Crippen LogP contribution in [0.4, 0.5) is 0 Å². The molecular weight excluding hydrogens is 282 g/mol. The number of nitrogens with zero attached hydrogens (tertiary/aromatic N) is 4. The third kappa shape index (κ3) is 2.79. The highest BCUT2D eigenvalue weighted by Crippen LogP contribution is 2.31. The number of H-pyrrole nitrogens is 1. The molecule has 7 heteroatoms. The summed E-state index contributed by atoms with van der Waals surface area (Å²) >= 11 is 0. The lowest BCUT2D eigenvalue weighted by molar-refractivity contribution is -0.135. The Kier molecular flexibility index (Phi) is 4.04. The maximum absolute atomic E-state index is 12.6. The van der Waals surface area contributed by atoms with Crippen LogP contribution in [0, 0.1) is 6.92 Å². The van der Waals surface area contributed by atoms with Gasteiger partial charge in [-0.1, -0.05) is 0 Å². The van der Waals surface area contributed by atoms with Crippen molar-refractivity contribution in [2.75, 3.05) is 6.54 Å². The van der Waals surface area contributed by atoms with Gasteiger partial charge in [0.05, 0.1) is 17.9 Å². The summed E-state index contributed by atoms with van der Waals surface area (Å²) in [6, 6.07) is 1.66. The number of amides is 1. The number of aromatic amines is 1. The summed E-state index contributed by atoms with van der Waals surface area (Å²) in [5.41, 5.74) is 1.65. The Morgan fingerprint density at radius 1 is 1.45 bits per heavy atom. The maximum atomic E-state index is 12.6. The van der Waals surface area contributed by atoms with Gasteiger partial charge < -0.3 is 4.90 Å². The van der Waals surface area contributed by atoms with Crippen molar-refractivity contribution in [1.29, 1.82) is 0 Å². The first kappa shape index (κ1) is 14.5. The zero-order valence-corrected chi connectivity index (χ0v) is 12.5. The lowest BCUT2D eigenvalue weighted by Crippen LogP contribution is -2.42. The minimum absolute atomic E-state index is 0.0103. The van der Waals surface area contributed by atoms with Crippen molar-refractivity contribution >= 4 is 5.91 Å². The second-order valence-electron chi connectivity index (χ2n) is 5.60. The van der Waals surface area contributed by atoms with E-state index in [0.29, 0.717) is 6.54 Å². The number of nitrogens with one attached hydrogen (secondary N) is 1. The molecule has 1 unspecified atom stereocenters. The smallest absolute Gasteiger partial charge is 0.333 e. The molecule has 1 saturated heterocycles. The lowest BCUT2D eigenvalue weighted by atomic mass is 9.97. The first-order valence-corrected chi connectivity index (χ1v) is 7.47. The van der Waals surface area contributed by atoms with Gasteiger partial charge in [0.15, 0.2) is 0 Å². The number of rotatable bonds is 3. The maximum Gasteiger partial charge on any atom is 0.347 e. The van der Waals surface area contributed by atoms with Gasteiger partial charge >= 0.3 is 5.69 Å². The van der Waals surface area contributed by atoms with Gasteiger partial charge in [-0.05, 0) is 37.8 Å². The zero-order valence-electron chi connectivity index (χ0n) is 12.5. The third-order valence-corrected chi connectivity index (χ3v) is 4.11. The van der Waals surface area contributed by atoms with E-state index < -0.39 is 5.69 Å². The van der Waals surface area contributed by atoms with E-state index in [1.807, 2.05) is 11.8 Å². The van der Waals surface area contributed by atoms with E-state index in [1.165, 1.54) is 10.8 Å². The fourth-order valence-corrected chi connectivity index (χ4v) is 2.97. The Bertz CT molecular complexity index is 720. The summed E-state index contributed by atoms with van der Waals surface area (Å²) in [4.78, 5) is 29.8. The molecule has 0 aliphatic carbocycles. The molecule has 7 nitrogen and oxygen atoms in total. The SMILES string of the molecule is Cc1cn[nH]c1C1CCCCN1C(=O)Cn1cccnc1=O. The van der Waals surface area contributed by atoms with E-state index in [-0.39, 0.29) is 18.5 Å². The zero-order chi connectivity index (χ0) is 15.5. The Morgan fingerprint density at radius 3 is 3.05 bits per heavy atom. The van der Waals surface area contributed by atoms with Crippen molar-refractivity contribution in [2.45, 2.75) is 38.8 Å². The molecule has 3 rings (SSSR count). The molecule has 0 aromatic carbocycles. The third-order valence-electron chi connectivity index (χ3n) is 4.11. The molecule has 0 spiro atoms. The topological polar surface area (TPSA) is 83.9 Å². The minimum Gasteiger partial charge on any atom is -0.333 e. The first-order valence-electron chi connectivity index (χ1n) is 7.47. The molecule has 1 N–H and O–H groups in total. The normalized spacial score (nSPS) is 18.4. The highest BCUT2D eigenvalue weighted by molar-refractivity contribution is 5.76. The monoisotopic (exact) mass is 301 g/mol. The standard InChI is InChI=1S/C15H19N5O2/c1-11-9-17-18-14(11)12-5-2-3-8-20(12)13(21)10-19-7-4-6-16-15(19)22/h4,6-7,9,12H,2-3,5,8,10H2,1H3,(H,17,18). The molecular formula is C15H19N5O2. The van der Waals surface area contributed by atoms with Crippen LogP contribution in [0.1, 0.15) is 36.6 Å². The van der Waals surface area contributed by atoms with E-state index in [9.17, 15) is 9.59 Å². The highest BCUT2D eigenvalue weighted by atomic mass is 16.2. The summed E-state index contributed by atoms with van der Waals surface area (Å²) in [7, 11) is 0. The van der Waals surface area contributed by atoms with E-state index >= 15 is 0 Å². The number of carbonyl (C=O) groups excluding carboxylic acids is 1. The largest absolute Gasteiger partial charge is 0.347 e. The van der Waals surface area contributed by atoms with Crippen LogP contribution in [0.3, 0.4) is 0 Å². The summed E-state index contributed by atoms with van der Waals surface area (Å²) in [6.07, 6.45) is 7.78. The molecule has 3 heterocycles. The van der Waals surface area contributed by atoms with E-state index in [4.69, 9.17) is 0 Å². The van der Waals surface area contributed by atoms with Gasteiger partial charge in [0.2, 0.25) is 5.91 Å². The number of carbonyl (C=O) groups is 1. The number of likely N-dealkylation sites (tertiary alicyclic amines) is 1. The molecule has 2 aromatic heterocycles. The van der Waals surface area contributed by atoms with Crippen molar-refractivity contribution < 1.29 is 4.79 Å². The number of hydrogen-bond acceptors (Lipinski definition) is 4. The van der Waals surface area contributed by atoms with Gasteiger partial charge in [-0.25, -0.2) is 9.78 Å². The van der Waals surface area contributed by atoms with E-state index in [2.05, 4.69) is 15.2 Å². The van der Waals surface area contributed by atoms with Crippen LogP contribution in [0.5, 0.6) is 0 Å². The van der Waals surface area contributed by atoms with Crippen LogP contribution in [-0.4, -0.2) is 37.1 Å². The van der Waals surface area contributed by atoms with Gasteiger partial charge in [-0.3, -0.25) is 14.5 Å². The second kappa shape index (κ2) is 6.13. The van der Waals surface area contributed by atoms with Crippen LogP contribution in [0.2, 0.25) is 0 Å². The molecule has 1 aliphatic rings. The lowest BCUT2D eigenvalue weighted by Gasteiger charge is -2.35. The first-order chi connectivity index (χ1) is 10.7. The summed E-state index contributed by atoms with van der Waals surface area (Å²) in [6.45, 7) is 2.72. The second-order valence-corrected chi connectivity index (χ2v) is 5.60. The molecule has 1 fully saturated rings. The van der Waals surface area contributed by atoms with Crippen molar-refractivity contribution in [3.8, 4) is 0 Å². The Hall–Kier alpha value is -2.44. The van der Waals surface area contributed by atoms with Crippen molar-refractivity contribution in [3.63, 3.8) is 0 Å². The van der Waals surface area contributed by atoms with Gasteiger partial charge in [-0.15, -0.1) is 0 Å². The van der Waals surface area contributed by atoms with Crippen molar-refractivity contribution in [2.24, 2.45) is 0 Å². The Labute approximate surface area is 128 Å². The van der Waals surface area contributed by atoms with Gasteiger partial charge in [-0.2, -0.15) is 5.10 Å². The molecule has 2 aromatic rings. The van der Waals surface area contributed by atoms with Crippen LogP contribution in [-0.2, 0) is 11.3 Å². The fraction of sp³-hybridized carbons (Fsp3) is 0.467. The van der Waals surface area contributed by atoms with Crippen LogP contribution >= 0.6 is 0 Å². The molecule has 1 atom stereocenters. The van der Waals surface area contributed by atoms with Crippen LogP contribution < -0.4 is 5.69 Å². The number of aromatic nitrogens is 4. The number of aryl methyl sites for hydroxylation is 1. The molecule has 1 aliphatic heterocycles. The Balaban J connectivity index is 1.82. The summed E-state index contributed by atoms with van der Waals surface area (Å²) in [5.74, 6) is -0.0613. The quantitative estimate of drug-likeness (QED) is 0.917. The minimum atomic E-state index is -0.401.